The van der Waals surface area contributed by atoms with Crippen LogP contribution in [0.25, 0.3) is 17.2 Å². The Morgan fingerprint density at radius 1 is 1.19 bits per heavy atom. The molecule has 3 aromatic rings. The van der Waals surface area contributed by atoms with Crippen molar-refractivity contribution in [3.8, 4) is 35.0 Å². The van der Waals surface area contributed by atoms with E-state index in [4.69, 9.17) is 20.6 Å². The molecule has 3 rings (SSSR count). The lowest BCUT2D eigenvalue weighted by Crippen LogP contribution is -2.22. The van der Waals surface area contributed by atoms with E-state index in [-0.39, 0.29) is 12.5 Å². The van der Waals surface area contributed by atoms with Gasteiger partial charge in [0.25, 0.3) is 0 Å². The lowest BCUT2D eigenvalue weighted by atomic mass is 10.1. The minimum Gasteiger partial charge on any atom is -0.493 e. The summed E-state index contributed by atoms with van der Waals surface area (Å²) in [6.07, 6.45) is 12.1. The summed E-state index contributed by atoms with van der Waals surface area (Å²) in [5.74, 6) is 3.26. The molecule has 1 aromatic heterocycles. The molecular formula is C28H33N3O4Si. The minimum absolute atomic E-state index is 0.151. The average molecular weight is 504 g/mol. The molecule has 188 valence electrons. The Morgan fingerprint density at radius 2 is 2.00 bits per heavy atom. The third-order valence-electron chi connectivity index (χ3n) is 5.27. The fourth-order valence-corrected chi connectivity index (χ4v) is 4.08. The van der Waals surface area contributed by atoms with E-state index >= 15 is 0 Å². The number of rotatable bonds is 12. The van der Waals surface area contributed by atoms with Gasteiger partial charge in [-0.25, -0.2) is 4.68 Å². The van der Waals surface area contributed by atoms with E-state index in [0.717, 1.165) is 29.3 Å². The van der Waals surface area contributed by atoms with Crippen LogP contribution < -0.4 is 14.8 Å². The van der Waals surface area contributed by atoms with E-state index < -0.39 is 8.07 Å². The molecule has 0 bridgehead atoms. The highest BCUT2D eigenvalue weighted by Gasteiger charge is 2.13. The highest BCUT2D eigenvalue weighted by atomic mass is 28.3. The third kappa shape index (κ3) is 8.15. The molecule has 1 amide bonds. The molecule has 0 aliphatic heterocycles. The van der Waals surface area contributed by atoms with Crippen molar-refractivity contribution in [2.24, 2.45) is 0 Å². The number of nitrogens with zero attached hydrogens (tertiary/aromatic N) is 2. The highest BCUT2D eigenvalue weighted by molar-refractivity contribution is 6.76. The number of benzene rings is 2. The first-order chi connectivity index (χ1) is 17.3. The highest BCUT2D eigenvalue weighted by Crippen LogP contribution is 2.29. The number of terminal acetylenes is 1. The van der Waals surface area contributed by atoms with Gasteiger partial charge in [0.1, 0.15) is 13.3 Å². The van der Waals surface area contributed by atoms with E-state index in [1.165, 1.54) is 6.08 Å². The molecule has 0 fully saturated rings. The van der Waals surface area contributed by atoms with Gasteiger partial charge in [-0.2, -0.15) is 5.10 Å². The number of aromatic nitrogens is 2. The van der Waals surface area contributed by atoms with E-state index in [1.54, 1.807) is 36.2 Å². The second kappa shape index (κ2) is 12.8. The third-order valence-corrected chi connectivity index (χ3v) is 6.98. The van der Waals surface area contributed by atoms with Crippen molar-refractivity contribution in [3.05, 3.63) is 66.5 Å². The Kier molecular flexibility index (Phi) is 9.51. The Hall–Kier alpha value is -3.80. The number of para-hydroxylation sites is 1. The van der Waals surface area contributed by atoms with Gasteiger partial charge in [0.2, 0.25) is 5.91 Å². The van der Waals surface area contributed by atoms with E-state index in [9.17, 15) is 4.79 Å². The van der Waals surface area contributed by atoms with Crippen LogP contribution in [0.3, 0.4) is 0 Å². The van der Waals surface area contributed by atoms with Gasteiger partial charge in [-0.15, -0.1) is 6.42 Å². The van der Waals surface area contributed by atoms with Gasteiger partial charge in [-0.3, -0.25) is 4.79 Å². The molecule has 1 N–H and O–H groups in total. The summed E-state index contributed by atoms with van der Waals surface area (Å²) in [5.41, 5.74) is 3.26. The van der Waals surface area contributed by atoms with Crippen LogP contribution in [0, 0.1) is 12.3 Å². The first-order valence-electron chi connectivity index (χ1n) is 11.7. The van der Waals surface area contributed by atoms with Crippen LogP contribution in [-0.2, 0) is 16.3 Å². The SMILES string of the molecule is C#CCOc1ccc(/C=C/C(=O)Nc2ccccc2-c2cnn(COCC[Si](C)(C)C)c2)cc1OC. The van der Waals surface area contributed by atoms with Gasteiger partial charge >= 0.3 is 0 Å². The monoisotopic (exact) mass is 503 g/mol. The Balaban J connectivity index is 1.64. The number of hydrogen-bond acceptors (Lipinski definition) is 5. The van der Waals surface area contributed by atoms with Crippen molar-refractivity contribution in [1.82, 2.24) is 9.78 Å². The van der Waals surface area contributed by atoms with Crippen LogP contribution >= 0.6 is 0 Å². The second-order valence-corrected chi connectivity index (χ2v) is 15.0. The molecule has 0 aliphatic rings. The minimum atomic E-state index is -1.13. The first-order valence-corrected chi connectivity index (χ1v) is 15.4. The summed E-state index contributed by atoms with van der Waals surface area (Å²) in [6, 6.07) is 14.1. The van der Waals surface area contributed by atoms with Crippen molar-refractivity contribution in [2.75, 3.05) is 25.6 Å². The number of ether oxygens (including phenoxy) is 3. The van der Waals surface area contributed by atoms with Crippen molar-refractivity contribution < 1.29 is 19.0 Å². The van der Waals surface area contributed by atoms with Gasteiger partial charge in [-0.1, -0.05) is 49.8 Å². The van der Waals surface area contributed by atoms with Gasteiger partial charge in [0.15, 0.2) is 11.5 Å². The van der Waals surface area contributed by atoms with Gasteiger partial charge in [0.05, 0.1) is 13.3 Å². The van der Waals surface area contributed by atoms with Gasteiger partial charge in [-0.05, 0) is 35.9 Å². The number of methoxy groups -OCH3 is 1. The normalized spacial score (nSPS) is 11.3. The largest absolute Gasteiger partial charge is 0.493 e. The number of amides is 1. The predicted molar refractivity (Wildman–Crippen MR) is 147 cm³/mol. The quantitative estimate of drug-likeness (QED) is 0.152. The lowest BCUT2D eigenvalue weighted by Gasteiger charge is -2.15. The van der Waals surface area contributed by atoms with E-state index in [0.29, 0.717) is 23.9 Å². The summed E-state index contributed by atoms with van der Waals surface area (Å²) >= 11 is 0. The number of carbonyl (C=O) groups is 1. The zero-order chi connectivity index (χ0) is 26.0. The van der Waals surface area contributed by atoms with Crippen molar-refractivity contribution in [2.45, 2.75) is 32.4 Å². The molecule has 0 saturated heterocycles. The zero-order valence-electron chi connectivity index (χ0n) is 21.3. The fourth-order valence-electron chi connectivity index (χ4n) is 3.33. The van der Waals surface area contributed by atoms with E-state index in [1.807, 2.05) is 36.5 Å². The molecule has 1 heterocycles. The number of hydrogen-bond donors (Lipinski definition) is 1. The fraction of sp³-hybridized carbons (Fsp3) is 0.286. The van der Waals surface area contributed by atoms with Crippen LogP contribution in [-0.4, -0.2) is 44.1 Å². The molecule has 8 heteroatoms. The number of nitrogens with one attached hydrogen (secondary N) is 1. The maximum absolute atomic E-state index is 12.7. The first kappa shape index (κ1) is 26.8. The maximum Gasteiger partial charge on any atom is 0.248 e. The Labute approximate surface area is 214 Å². The summed E-state index contributed by atoms with van der Waals surface area (Å²) < 4.78 is 18.4. The number of anilines is 1. The molecular weight excluding hydrogens is 470 g/mol. The Morgan fingerprint density at radius 3 is 2.75 bits per heavy atom. The van der Waals surface area contributed by atoms with Crippen LogP contribution in [0.5, 0.6) is 11.5 Å². The zero-order valence-corrected chi connectivity index (χ0v) is 22.3. The topological polar surface area (TPSA) is 74.6 Å². The molecule has 7 nitrogen and oxygen atoms in total. The molecule has 0 radical (unpaired) electrons. The molecule has 0 atom stereocenters. The summed E-state index contributed by atoms with van der Waals surface area (Å²) in [5, 5.41) is 7.37. The maximum atomic E-state index is 12.7. The summed E-state index contributed by atoms with van der Waals surface area (Å²) in [7, 11) is 0.427. The summed E-state index contributed by atoms with van der Waals surface area (Å²) in [6.45, 7) is 8.26. The van der Waals surface area contributed by atoms with Crippen molar-refractivity contribution in [1.29, 1.82) is 0 Å². The molecule has 36 heavy (non-hydrogen) atoms. The van der Waals surface area contributed by atoms with Crippen LogP contribution in [0.2, 0.25) is 25.7 Å². The Bertz CT molecular complexity index is 1240. The van der Waals surface area contributed by atoms with Gasteiger partial charge < -0.3 is 19.5 Å². The van der Waals surface area contributed by atoms with Crippen LogP contribution in [0.4, 0.5) is 5.69 Å². The molecule has 0 unspecified atom stereocenters. The standard InChI is InChI=1S/C28H33N3O4Si/c1-6-15-35-26-13-11-22(18-27(26)33-2)12-14-28(32)30-25-10-8-7-9-24(25)23-19-29-31(20-23)21-34-16-17-36(3,4)5/h1,7-14,18-20H,15-17,21H2,2-5H3,(H,30,32)/b14-12+. The smallest absolute Gasteiger partial charge is 0.248 e. The molecule has 0 saturated carbocycles. The van der Waals surface area contributed by atoms with Crippen molar-refractivity contribution >= 4 is 25.7 Å². The molecule has 0 spiro atoms. The van der Waals surface area contributed by atoms with Crippen LogP contribution in [0.15, 0.2) is 60.9 Å². The molecule has 2 aromatic carbocycles. The predicted octanol–water partition coefficient (Wildman–Crippen LogP) is 5.53. The van der Waals surface area contributed by atoms with Crippen molar-refractivity contribution in [3.63, 3.8) is 0 Å². The van der Waals surface area contributed by atoms with E-state index in [2.05, 4.69) is 36.0 Å². The molecule has 0 aliphatic carbocycles. The average Bonchev–Trinajstić information content (AvgIpc) is 3.33. The lowest BCUT2D eigenvalue weighted by molar-refractivity contribution is -0.111. The summed E-state index contributed by atoms with van der Waals surface area (Å²) in [4.78, 5) is 12.7. The number of carbonyl (C=O) groups excluding carboxylic acids is 1. The van der Waals surface area contributed by atoms with Gasteiger partial charge in [0, 0.05) is 43.8 Å². The second-order valence-electron chi connectivity index (χ2n) is 9.39. The van der Waals surface area contributed by atoms with Crippen LogP contribution in [0.1, 0.15) is 5.56 Å².